The van der Waals surface area contributed by atoms with Crippen molar-refractivity contribution in [1.29, 1.82) is 0 Å². The van der Waals surface area contributed by atoms with Crippen LogP contribution in [0.25, 0.3) is 10.9 Å². The van der Waals surface area contributed by atoms with Gasteiger partial charge >= 0.3 is 0 Å². The number of H-pyrrole nitrogens is 1. The van der Waals surface area contributed by atoms with Gasteiger partial charge in [0.2, 0.25) is 5.91 Å². The number of para-hydroxylation sites is 1. The Morgan fingerprint density at radius 3 is 2.79 bits per heavy atom. The number of piperidine rings is 1. The van der Waals surface area contributed by atoms with Crippen molar-refractivity contribution in [3.63, 3.8) is 0 Å². The van der Waals surface area contributed by atoms with Crippen molar-refractivity contribution in [1.82, 2.24) is 14.9 Å². The number of hydrogen-bond donors (Lipinski definition) is 2. The number of aromatic amines is 1. The van der Waals surface area contributed by atoms with Crippen molar-refractivity contribution < 1.29 is 14.0 Å². The number of carbonyl (C=O) groups excluding carboxylic acids is 2. The first kappa shape index (κ1) is 22.3. The standard InChI is InChI=1S/C26H25FN4O2S/c1-16-6-7-19(13-21(16)27)29-25(33)23-15-34-26(30-23)17-8-10-31(11-9-17)24(32)12-18-14-28-22-5-3-2-4-20(18)22/h2-7,13-15,17,28H,8-12H2,1H3,(H,29,33). The zero-order chi connectivity index (χ0) is 23.7. The van der Waals surface area contributed by atoms with Crippen molar-refractivity contribution in [2.75, 3.05) is 18.4 Å². The number of rotatable bonds is 5. The van der Waals surface area contributed by atoms with Crippen LogP contribution in [0.4, 0.5) is 10.1 Å². The summed E-state index contributed by atoms with van der Waals surface area (Å²) in [5.74, 6) is -0.354. The van der Waals surface area contributed by atoms with Gasteiger partial charge in [-0.05, 0) is 49.1 Å². The van der Waals surface area contributed by atoms with Crippen LogP contribution in [0.5, 0.6) is 0 Å². The van der Waals surface area contributed by atoms with Gasteiger partial charge in [-0.2, -0.15) is 0 Å². The highest BCUT2D eigenvalue weighted by atomic mass is 32.1. The molecule has 0 bridgehead atoms. The van der Waals surface area contributed by atoms with Gasteiger partial charge in [-0.1, -0.05) is 24.3 Å². The minimum atomic E-state index is -0.359. The number of aryl methyl sites for hydroxylation is 1. The maximum absolute atomic E-state index is 13.7. The SMILES string of the molecule is Cc1ccc(NC(=O)c2csc(C3CCN(C(=O)Cc4c[nH]c5ccccc45)CC3)n2)cc1F. The van der Waals surface area contributed by atoms with Gasteiger partial charge in [0.1, 0.15) is 11.5 Å². The zero-order valence-electron chi connectivity index (χ0n) is 18.8. The van der Waals surface area contributed by atoms with Gasteiger partial charge in [-0.25, -0.2) is 9.37 Å². The molecule has 5 rings (SSSR count). The molecule has 2 amide bonds. The summed E-state index contributed by atoms with van der Waals surface area (Å²) in [4.78, 5) is 35.1. The molecular formula is C26H25FN4O2S. The van der Waals surface area contributed by atoms with E-state index in [1.165, 1.54) is 17.4 Å². The summed E-state index contributed by atoms with van der Waals surface area (Å²) in [6.07, 6.45) is 3.94. The van der Waals surface area contributed by atoms with E-state index >= 15 is 0 Å². The smallest absolute Gasteiger partial charge is 0.275 e. The molecule has 1 aliphatic rings. The van der Waals surface area contributed by atoms with Crippen LogP contribution >= 0.6 is 11.3 Å². The van der Waals surface area contributed by atoms with Gasteiger partial charge in [0.25, 0.3) is 5.91 Å². The van der Waals surface area contributed by atoms with Gasteiger partial charge < -0.3 is 15.2 Å². The fraction of sp³-hybridized carbons (Fsp3) is 0.269. The van der Waals surface area contributed by atoms with E-state index in [9.17, 15) is 14.0 Å². The highest BCUT2D eigenvalue weighted by Crippen LogP contribution is 2.31. The maximum Gasteiger partial charge on any atom is 0.275 e. The summed E-state index contributed by atoms with van der Waals surface area (Å²) in [6, 6.07) is 12.6. The normalized spacial score (nSPS) is 14.5. The van der Waals surface area contributed by atoms with E-state index in [4.69, 9.17) is 0 Å². The van der Waals surface area contributed by atoms with E-state index in [-0.39, 0.29) is 23.5 Å². The van der Waals surface area contributed by atoms with Crippen LogP contribution < -0.4 is 5.32 Å². The summed E-state index contributed by atoms with van der Waals surface area (Å²) in [7, 11) is 0. The molecule has 0 aliphatic carbocycles. The van der Waals surface area contributed by atoms with E-state index in [1.54, 1.807) is 24.4 Å². The Morgan fingerprint density at radius 1 is 1.21 bits per heavy atom. The Labute approximate surface area is 200 Å². The highest BCUT2D eigenvalue weighted by molar-refractivity contribution is 7.10. The lowest BCUT2D eigenvalue weighted by molar-refractivity contribution is -0.131. The predicted octanol–water partition coefficient (Wildman–Crippen LogP) is 5.27. The number of benzene rings is 2. The molecule has 1 saturated heterocycles. The summed E-state index contributed by atoms with van der Waals surface area (Å²) in [5, 5.41) is 6.44. The second-order valence-corrected chi connectivity index (χ2v) is 9.57. The molecular weight excluding hydrogens is 451 g/mol. The fourth-order valence-corrected chi connectivity index (χ4v) is 5.34. The van der Waals surface area contributed by atoms with Crippen LogP contribution in [0.2, 0.25) is 0 Å². The number of nitrogens with one attached hydrogen (secondary N) is 2. The molecule has 2 aromatic heterocycles. The molecule has 174 valence electrons. The first-order chi connectivity index (χ1) is 16.5. The number of likely N-dealkylation sites (tertiary alicyclic amines) is 1. The molecule has 4 aromatic rings. The quantitative estimate of drug-likeness (QED) is 0.412. The third-order valence-electron chi connectivity index (χ3n) is 6.40. The van der Waals surface area contributed by atoms with Crippen LogP contribution in [-0.4, -0.2) is 39.8 Å². The molecule has 2 N–H and O–H groups in total. The average molecular weight is 477 g/mol. The minimum absolute atomic E-state index is 0.132. The average Bonchev–Trinajstić information content (AvgIpc) is 3.50. The molecule has 8 heteroatoms. The van der Waals surface area contributed by atoms with Crippen LogP contribution in [-0.2, 0) is 11.2 Å². The number of carbonyl (C=O) groups is 2. The number of fused-ring (bicyclic) bond motifs is 1. The van der Waals surface area contributed by atoms with Crippen molar-refractivity contribution in [2.24, 2.45) is 0 Å². The Bertz CT molecular complexity index is 1350. The summed E-state index contributed by atoms with van der Waals surface area (Å²) >= 11 is 1.46. The number of anilines is 1. The van der Waals surface area contributed by atoms with Gasteiger partial charge in [0.05, 0.1) is 11.4 Å². The summed E-state index contributed by atoms with van der Waals surface area (Å²) in [6.45, 7) is 3.03. The Balaban J connectivity index is 1.17. The third kappa shape index (κ3) is 4.59. The van der Waals surface area contributed by atoms with Gasteiger partial charge in [-0.3, -0.25) is 9.59 Å². The van der Waals surface area contributed by atoms with Crippen molar-refractivity contribution in [2.45, 2.75) is 32.1 Å². The molecule has 0 radical (unpaired) electrons. The zero-order valence-corrected chi connectivity index (χ0v) is 19.6. The van der Waals surface area contributed by atoms with Gasteiger partial charge in [0, 0.05) is 47.2 Å². The number of amides is 2. The monoisotopic (exact) mass is 476 g/mol. The number of hydrogen-bond acceptors (Lipinski definition) is 4. The van der Waals surface area contributed by atoms with Crippen LogP contribution in [0.1, 0.15) is 45.4 Å². The fourth-order valence-electron chi connectivity index (χ4n) is 4.37. The Morgan fingerprint density at radius 2 is 2.00 bits per heavy atom. The maximum atomic E-state index is 13.7. The summed E-state index contributed by atoms with van der Waals surface area (Å²) in [5.41, 5.74) is 3.33. The summed E-state index contributed by atoms with van der Waals surface area (Å²) < 4.78 is 13.7. The molecule has 0 saturated carbocycles. The highest BCUT2D eigenvalue weighted by Gasteiger charge is 2.27. The number of thiazole rings is 1. The molecule has 6 nitrogen and oxygen atoms in total. The lowest BCUT2D eigenvalue weighted by Gasteiger charge is -2.31. The van der Waals surface area contributed by atoms with Crippen LogP contribution in [0.15, 0.2) is 54.0 Å². The second kappa shape index (κ2) is 9.38. The second-order valence-electron chi connectivity index (χ2n) is 8.68. The third-order valence-corrected chi connectivity index (χ3v) is 7.41. The van der Waals surface area contributed by atoms with E-state index in [0.717, 1.165) is 34.3 Å². The molecule has 2 aromatic carbocycles. The topological polar surface area (TPSA) is 78.1 Å². The Kier molecular flexibility index (Phi) is 6.15. The van der Waals surface area contributed by atoms with Crippen LogP contribution in [0.3, 0.4) is 0 Å². The minimum Gasteiger partial charge on any atom is -0.361 e. The van der Waals surface area contributed by atoms with Crippen molar-refractivity contribution >= 4 is 39.7 Å². The predicted molar refractivity (Wildman–Crippen MR) is 132 cm³/mol. The van der Waals surface area contributed by atoms with E-state index in [0.29, 0.717) is 36.5 Å². The first-order valence-corrected chi connectivity index (χ1v) is 12.2. The number of halogens is 1. The largest absolute Gasteiger partial charge is 0.361 e. The van der Waals surface area contributed by atoms with E-state index in [2.05, 4.69) is 15.3 Å². The van der Waals surface area contributed by atoms with Crippen molar-refractivity contribution in [3.05, 3.63) is 81.7 Å². The molecule has 3 heterocycles. The van der Waals surface area contributed by atoms with Gasteiger partial charge in [-0.15, -0.1) is 11.3 Å². The molecule has 0 atom stereocenters. The lowest BCUT2D eigenvalue weighted by atomic mass is 9.97. The van der Waals surface area contributed by atoms with Gasteiger partial charge in [0.15, 0.2) is 0 Å². The molecule has 34 heavy (non-hydrogen) atoms. The van der Waals surface area contributed by atoms with Crippen molar-refractivity contribution in [3.8, 4) is 0 Å². The molecule has 1 fully saturated rings. The molecule has 0 spiro atoms. The first-order valence-electron chi connectivity index (χ1n) is 11.3. The van der Waals surface area contributed by atoms with Crippen LogP contribution in [0, 0.1) is 12.7 Å². The lowest BCUT2D eigenvalue weighted by Crippen LogP contribution is -2.38. The Hall–Kier alpha value is -3.52. The number of nitrogens with zero attached hydrogens (tertiary/aromatic N) is 2. The number of aromatic nitrogens is 2. The van der Waals surface area contributed by atoms with E-state index < -0.39 is 0 Å². The molecule has 1 aliphatic heterocycles. The van der Waals surface area contributed by atoms with E-state index in [1.807, 2.05) is 35.4 Å². The molecule has 0 unspecified atom stereocenters.